The van der Waals surface area contributed by atoms with Crippen molar-refractivity contribution in [1.82, 2.24) is 9.80 Å². The Kier molecular flexibility index (Phi) is 5.66. The van der Waals surface area contributed by atoms with Gasteiger partial charge in [0.25, 0.3) is 5.91 Å². The van der Waals surface area contributed by atoms with Crippen molar-refractivity contribution >= 4 is 16.9 Å². The van der Waals surface area contributed by atoms with Crippen LogP contribution in [0, 0.1) is 5.82 Å². The molecule has 0 saturated carbocycles. The summed E-state index contributed by atoms with van der Waals surface area (Å²) in [6.45, 7) is 3.21. The lowest BCUT2D eigenvalue weighted by Gasteiger charge is -2.34. The molecule has 32 heavy (non-hydrogen) atoms. The van der Waals surface area contributed by atoms with Crippen molar-refractivity contribution in [2.45, 2.75) is 25.8 Å². The van der Waals surface area contributed by atoms with Crippen LogP contribution in [-0.4, -0.2) is 48.5 Å². The van der Waals surface area contributed by atoms with Crippen molar-refractivity contribution in [1.29, 1.82) is 0 Å². The number of piperazine rings is 1. The monoisotopic (exact) mass is 436 g/mol. The van der Waals surface area contributed by atoms with E-state index in [4.69, 9.17) is 9.15 Å². The number of benzene rings is 2. The number of amides is 1. The van der Waals surface area contributed by atoms with Gasteiger partial charge in [0.15, 0.2) is 6.61 Å². The van der Waals surface area contributed by atoms with Crippen LogP contribution in [0.15, 0.2) is 51.7 Å². The number of ether oxygens (including phenoxy) is 1. The number of carbonyl (C=O) groups is 1. The number of carbonyl (C=O) groups excluding carboxylic acids is 1. The van der Waals surface area contributed by atoms with Crippen molar-refractivity contribution in [3.05, 3.63) is 75.4 Å². The van der Waals surface area contributed by atoms with Gasteiger partial charge >= 0.3 is 5.63 Å². The molecular weight excluding hydrogens is 411 g/mol. The molecule has 1 amide bonds. The summed E-state index contributed by atoms with van der Waals surface area (Å²) in [5.41, 5.74) is 3.96. The number of nitrogens with zero attached hydrogens (tertiary/aromatic N) is 2. The van der Waals surface area contributed by atoms with Gasteiger partial charge in [-0.3, -0.25) is 9.69 Å². The fourth-order valence-electron chi connectivity index (χ4n) is 4.59. The highest BCUT2D eigenvalue weighted by Gasteiger charge is 2.23. The molecule has 1 aliphatic carbocycles. The van der Waals surface area contributed by atoms with Gasteiger partial charge in [0.2, 0.25) is 0 Å². The first-order valence-electron chi connectivity index (χ1n) is 11.0. The second-order valence-electron chi connectivity index (χ2n) is 8.46. The Morgan fingerprint density at radius 2 is 1.72 bits per heavy atom. The zero-order chi connectivity index (χ0) is 22.1. The fourth-order valence-corrected chi connectivity index (χ4v) is 4.59. The zero-order valence-corrected chi connectivity index (χ0v) is 17.8. The summed E-state index contributed by atoms with van der Waals surface area (Å²) in [6, 6.07) is 11.4. The van der Waals surface area contributed by atoms with Crippen LogP contribution in [0.3, 0.4) is 0 Å². The van der Waals surface area contributed by atoms with E-state index >= 15 is 0 Å². The van der Waals surface area contributed by atoms with Crippen molar-refractivity contribution in [3.63, 3.8) is 0 Å². The van der Waals surface area contributed by atoms with Crippen LogP contribution in [0.2, 0.25) is 0 Å². The van der Waals surface area contributed by atoms with Gasteiger partial charge in [0.05, 0.1) is 0 Å². The van der Waals surface area contributed by atoms with E-state index < -0.39 is 0 Å². The number of aryl methyl sites for hydroxylation is 2. The molecule has 6 nitrogen and oxygen atoms in total. The van der Waals surface area contributed by atoms with Crippen molar-refractivity contribution in [3.8, 4) is 5.75 Å². The quantitative estimate of drug-likeness (QED) is 0.575. The summed E-state index contributed by atoms with van der Waals surface area (Å²) in [5, 5.41) is 1.01. The topological polar surface area (TPSA) is 63.0 Å². The van der Waals surface area contributed by atoms with Crippen LogP contribution >= 0.6 is 0 Å². The first-order valence-corrected chi connectivity index (χ1v) is 11.0. The molecule has 0 unspecified atom stereocenters. The highest BCUT2D eigenvalue weighted by Crippen LogP contribution is 2.29. The smallest absolute Gasteiger partial charge is 0.336 e. The molecule has 1 aliphatic heterocycles. The zero-order valence-electron chi connectivity index (χ0n) is 17.8. The number of hydrogen-bond donors (Lipinski definition) is 0. The number of fused-ring (bicyclic) bond motifs is 2. The van der Waals surface area contributed by atoms with E-state index in [1.54, 1.807) is 11.0 Å². The summed E-state index contributed by atoms with van der Waals surface area (Å²) < 4.78 is 23.9. The highest BCUT2D eigenvalue weighted by molar-refractivity contribution is 5.82. The first-order chi connectivity index (χ1) is 15.5. The summed E-state index contributed by atoms with van der Waals surface area (Å²) in [5.74, 6) is 0.0446. The van der Waals surface area contributed by atoms with Gasteiger partial charge in [-0.1, -0.05) is 0 Å². The summed E-state index contributed by atoms with van der Waals surface area (Å²) in [7, 11) is 0. The van der Waals surface area contributed by atoms with Crippen LogP contribution in [0.1, 0.15) is 23.1 Å². The lowest BCUT2D eigenvalue weighted by atomic mass is 10.0. The van der Waals surface area contributed by atoms with E-state index in [-0.39, 0.29) is 24.0 Å². The fraction of sp³-hybridized carbons (Fsp3) is 0.360. The minimum atomic E-state index is -0.340. The molecule has 2 aromatic carbocycles. The van der Waals surface area contributed by atoms with Crippen LogP contribution in [0.4, 0.5) is 4.39 Å². The Morgan fingerprint density at radius 3 is 2.47 bits per heavy atom. The normalized spacial score (nSPS) is 16.3. The highest BCUT2D eigenvalue weighted by atomic mass is 19.1. The largest absolute Gasteiger partial charge is 0.484 e. The number of hydrogen-bond acceptors (Lipinski definition) is 5. The lowest BCUT2D eigenvalue weighted by Crippen LogP contribution is -2.49. The van der Waals surface area contributed by atoms with Gasteiger partial charge in [-0.15, -0.1) is 0 Å². The Labute approximate surface area is 185 Å². The molecular formula is C25H25FN2O4. The van der Waals surface area contributed by atoms with Gasteiger partial charge in [0, 0.05) is 44.2 Å². The van der Waals surface area contributed by atoms with E-state index in [9.17, 15) is 14.0 Å². The Hall–Kier alpha value is -3.19. The van der Waals surface area contributed by atoms with Crippen LogP contribution < -0.4 is 10.4 Å². The van der Waals surface area contributed by atoms with Crippen LogP contribution in [-0.2, 0) is 24.2 Å². The number of rotatable bonds is 5. The molecule has 0 spiro atoms. The molecule has 3 aromatic rings. The van der Waals surface area contributed by atoms with Gasteiger partial charge in [0.1, 0.15) is 17.1 Å². The number of halogens is 1. The van der Waals surface area contributed by atoms with Crippen LogP contribution in [0.5, 0.6) is 5.75 Å². The summed E-state index contributed by atoms with van der Waals surface area (Å²) in [4.78, 5) is 28.6. The molecule has 7 heteroatoms. The Morgan fingerprint density at radius 1 is 1.00 bits per heavy atom. The summed E-state index contributed by atoms with van der Waals surface area (Å²) in [6.07, 6.45) is 3.26. The average Bonchev–Trinajstić information content (AvgIpc) is 3.25. The lowest BCUT2D eigenvalue weighted by molar-refractivity contribution is -0.135. The summed E-state index contributed by atoms with van der Waals surface area (Å²) >= 11 is 0. The first kappa shape index (κ1) is 20.7. The SMILES string of the molecule is O=C(COc1ccc(F)cc1)N1CCN(Cc2cc(=O)oc3cc4c(cc23)CCC4)CC1. The van der Waals surface area contributed by atoms with E-state index in [0.29, 0.717) is 31.0 Å². The van der Waals surface area contributed by atoms with Gasteiger partial charge < -0.3 is 14.1 Å². The molecule has 166 valence electrons. The molecule has 0 radical (unpaired) electrons. The minimum absolute atomic E-state index is 0.0683. The third-order valence-electron chi connectivity index (χ3n) is 6.34. The maximum Gasteiger partial charge on any atom is 0.336 e. The average molecular weight is 436 g/mol. The van der Waals surface area contributed by atoms with E-state index in [1.165, 1.54) is 35.4 Å². The molecule has 2 heterocycles. The molecule has 0 bridgehead atoms. The van der Waals surface area contributed by atoms with Crippen molar-refractivity contribution < 1.29 is 18.3 Å². The molecule has 5 rings (SSSR count). The van der Waals surface area contributed by atoms with Gasteiger partial charge in [-0.25, -0.2) is 9.18 Å². The van der Waals surface area contributed by atoms with Gasteiger partial charge in [-0.2, -0.15) is 0 Å². The standard InChI is InChI=1S/C25H25FN2O4/c26-20-4-6-21(7-5-20)31-16-24(29)28-10-8-27(9-11-28)15-19-14-25(30)32-23-13-18-3-1-2-17(18)12-22(19)23/h4-7,12-14H,1-3,8-11,15-16H2. The maximum atomic E-state index is 13.0. The third kappa shape index (κ3) is 4.39. The van der Waals surface area contributed by atoms with Gasteiger partial charge in [-0.05, 0) is 72.4 Å². The molecule has 0 atom stereocenters. The Bertz CT molecular complexity index is 1200. The molecule has 1 fully saturated rings. The van der Waals surface area contributed by atoms with E-state index in [1.807, 2.05) is 6.07 Å². The predicted octanol–water partition coefficient (Wildman–Crippen LogP) is 3.14. The second kappa shape index (κ2) is 8.74. The molecule has 2 aliphatic rings. The van der Waals surface area contributed by atoms with E-state index in [2.05, 4.69) is 11.0 Å². The van der Waals surface area contributed by atoms with Crippen molar-refractivity contribution in [2.75, 3.05) is 32.8 Å². The predicted molar refractivity (Wildman–Crippen MR) is 118 cm³/mol. The maximum absolute atomic E-state index is 13.0. The molecule has 1 saturated heterocycles. The molecule has 0 N–H and O–H groups in total. The van der Waals surface area contributed by atoms with Crippen molar-refractivity contribution in [2.24, 2.45) is 0 Å². The molecule has 1 aromatic heterocycles. The third-order valence-corrected chi connectivity index (χ3v) is 6.34. The minimum Gasteiger partial charge on any atom is -0.484 e. The Balaban J connectivity index is 1.20. The van der Waals surface area contributed by atoms with E-state index in [0.717, 1.165) is 43.3 Å². The second-order valence-corrected chi connectivity index (χ2v) is 8.46. The van der Waals surface area contributed by atoms with Crippen LogP contribution in [0.25, 0.3) is 11.0 Å².